The standard InChI is InChI=1S/C18H18BrN3O6/c1-5-27-18(24)12-9(4)28-17(21)10(6-20)13(12)11-7(2)15(22(25)26)8(3)14(19)16(11)23/h13,23H,5,21H2,1-4H3. The minimum atomic E-state index is -1.19. The first kappa shape index (κ1) is 21.2. The number of nitro benzene ring substituents is 1. The molecule has 0 aliphatic carbocycles. The van der Waals surface area contributed by atoms with E-state index in [1.54, 1.807) is 6.92 Å². The Balaban J connectivity index is 2.95. The monoisotopic (exact) mass is 451 g/mol. The molecule has 0 radical (unpaired) electrons. The number of phenols is 1. The largest absolute Gasteiger partial charge is 0.506 e. The predicted octanol–water partition coefficient (Wildman–Crippen LogP) is 3.32. The summed E-state index contributed by atoms with van der Waals surface area (Å²) in [4.78, 5) is 23.6. The first-order valence-corrected chi connectivity index (χ1v) is 8.98. The Bertz CT molecular complexity index is 990. The number of nitriles is 1. The van der Waals surface area contributed by atoms with Crippen LogP contribution in [0.5, 0.6) is 5.75 Å². The Kier molecular flexibility index (Phi) is 5.99. The summed E-state index contributed by atoms with van der Waals surface area (Å²) in [5, 5.41) is 32.0. The van der Waals surface area contributed by atoms with Gasteiger partial charge in [-0.2, -0.15) is 5.26 Å². The molecule has 148 valence electrons. The van der Waals surface area contributed by atoms with Crippen molar-refractivity contribution in [1.82, 2.24) is 0 Å². The van der Waals surface area contributed by atoms with E-state index >= 15 is 0 Å². The van der Waals surface area contributed by atoms with Crippen LogP contribution in [0.2, 0.25) is 0 Å². The van der Waals surface area contributed by atoms with Crippen LogP contribution in [0.25, 0.3) is 0 Å². The van der Waals surface area contributed by atoms with Crippen molar-refractivity contribution >= 4 is 27.6 Å². The number of esters is 1. The number of hydrogen-bond donors (Lipinski definition) is 2. The van der Waals surface area contributed by atoms with Crippen LogP contribution in [-0.4, -0.2) is 22.6 Å². The van der Waals surface area contributed by atoms with Crippen LogP contribution in [0, 0.1) is 35.3 Å². The molecule has 0 saturated heterocycles. The first-order valence-electron chi connectivity index (χ1n) is 8.19. The minimum Gasteiger partial charge on any atom is -0.506 e. The summed E-state index contributed by atoms with van der Waals surface area (Å²) in [6.45, 7) is 6.05. The third-order valence-electron chi connectivity index (χ3n) is 4.48. The number of hydrogen-bond acceptors (Lipinski definition) is 8. The fraction of sp³-hybridized carbons (Fsp3) is 0.333. The SMILES string of the molecule is CCOC(=O)C1=C(C)OC(N)=C(C#N)C1c1c(C)c([N+](=O)[O-])c(C)c(Br)c1O. The number of aromatic hydroxyl groups is 1. The van der Waals surface area contributed by atoms with Crippen molar-refractivity contribution in [2.75, 3.05) is 6.61 Å². The minimum absolute atomic E-state index is 0.00868. The summed E-state index contributed by atoms with van der Waals surface area (Å²) in [6, 6.07) is 1.88. The number of carbonyl (C=O) groups excluding carboxylic acids is 1. The molecule has 0 spiro atoms. The zero-order chi connectivity index (χ0) is 21.3. The lowest BCUT2D eigenvalue weighted by atomic mass is 9.79. The van der Waals surface area contributed by atoms with Gasteiger partial charge in [-0.25, -0.2) is 4.79 Å². The number of allylic oxidation sites excluding steroid dienone is 2. The van der Waals surface area contributed by atoms with E-state index in [1.165, 1.54) is 20.8 Å². The molecule has 0 amide bonds. The average molecular weight is 452 g/mol. The van der Waals surface area contributed by atoms with Crippen molar-refractivity contribution in [3.8, 4) is 11.8 Å². The van der Waals surface area contributed by atoms with E-state index in [-0.39, 0.29) is 62.0 Å². The van der Waals surface area contributed by atoms with Crippen molar-refractivity contribution in [1.29, 1.82) is 5.26 Å². The number of nitrogens with two attached hydrogens (primary N) is 1. The molecule has 0 saturated carbocycles. The molecule has 28 heavy (non-hydrogen) atoms. The number of benzene rings is 1. The van der Waals surface area contributed by atoms with Crippen molar-refractivity contribution in [2.45, 2.75) is 33.6 Å². The number of rotatable bonds is 4. The third-order valence-corrected chi connectivity index (χ3v) is 5.45. The molecule has 1 unspecified atom stereocenters. The number of halogens is 1. The lowest BCUT2D eigenvalue weighted by Crippen LogP contribution is -2.26. The quantitative estimate of drug-likeness (QED) is 0.402. The highest BCUT2D eigenvalue weighted by Gasteiger charge is 2.41. The molecule has 1 aliphatic rings. The van der Waals surface area contributed by atoms with Crippen molar-refractivity contribution < 1.29 is 24.3 Å². The molecule has 1 aromatic carbocycles. The van der Waals surface area contributed by atoms with Gasteiger partial charge in [-0.05, 0) is 43.6 Å². The molecule has 2 rings (SSSR count). The van der Waals surface area contributed by atoms with Gasteiger partial charge in [0.25, 0.3) is 5.69 Å². The van der Waals surface area contributed by atoms with Gasteiger partial charge in [-0.1, -0.05) is 0 Å². The predicted molar refractivity (Wildman–Crippen MR) is 102 cm³/mol. The van der Waals surface area contributed by atoms with Gasteiger partial charge in [0.15, 0.2) is 0 Å². The zero-order valence-electron chi connectivity index (χ0n) is 15.6. The van der Waals surface area contributed by atoms with E-state index < -0.39 is 16.8 Å². The summed E-state index contributed by atoms with van der Waals surface area (Å²) < 4.78 is 10.5. The van der Waals surface area contributed by atoms with Crippen LogP contribution in [-0.2, 0) is 14.3 Å². The highest BCUT2D eigenvalue weighted by Crippen LogP contribution is 2.49. The van der Waals surface area contributed by atoms with Crippen LogP contribution in [0.1, 0.15) is 36.5 Å². The molecule has 3 N–H and O–H groups in total. The molecule has 10 heteroatoms. The number of carbonyl (C=O) groups is 1. The average Bonchev–Trinajstić information content (AvgIpc) is 2.59. The van der Waals surface area contributed by atoms with E-state index in [2.05, 4.69) is 15.9 Å². The molecule has 0 fully saturated rings. The smallest absolute Gasteiger partial charge is 0.338 e. The molecule has 1 atom stereocenters. The van der Waals surface area contributed by atoms with Gasteiger partial charge in [0, 0.05) is 16.7 Å². The fourth-order valence-corrected chi connectivity index (χ4v) is 3.66. The summed E-state index contributed by atoms with van der Waals surface area (Å²) in [5.41, 5.74) is 5.69. The van der Waals surface area contributed by atoms with Crippen LogP contribution in [0.3, 0.4) is 0 Å². The van der Waals surface area contributed by atoms with Gasteiger partial charge in [0.05, 0.1) is 27.5 Å². The van der Waals surface area contributed by atoms with Gasteiger partial charge in [-0.15, -0.1) is 0 Å². The summed E-state index contributed by atoms with van der Waals surface area (Å²) in [6.07, 6.45) is 0. The first-order chi connectivity index (χ1) is 13.1. The number of ether oxygens (including phenoxy) is 2. The Labute approximate surface area is 169 Å². The Hall–Kier alpha value is -3.06. The Morgan fingerprint density at radius 1 is 1.43 bits per heavy atom. The van der Waals surface area contributed by atoms with Crippen LogP contribution in [0.15, 0.2) is 27.3 Å². The zero-order valence-corrected chi connectivity index (χ0v) is 17.2. The fourth-order valence-electron chi connectivity index (χ4n) is 3.26. The highest BCUT2D eigenvalue weighted by molar-refractivity contribution is 9.10. The normalized spacial score (nSPS) is 16.5. The van der Waals surface area contributed by atoms with Gasteiger partial charge in [-0.3, -0.25) is 10.1 Å². The van der Waals surface area contributed by atoms with E-state index in [9.17, 15) is 25.3 Å². The molecule has 0 aromatic heterocycles. The van der Waals surface area contributed by atoms with Crippen molar-refractivity contribution in [3.63, 3.8) is 0 Å². The van der Waals surface area contributed by atoms with E-state index in [1.807, 2.05) is 6.07 Å². The van der Waals surface area contributed by atoms with E-state index in [0.717, 1.165) is 0 Å². The lowest BCUT2D eigenvalue weighted by molar-refractivity contribution is -0.386. The maximum atomic E-state index is 12.6. The third kappa shape index (κ3) is 3.29. The van der Waals surface area contributed by atoms with E-state index in [4.69, 9.17) is 15.2 Å². The second-order valence-electron chi connectivity index (χ2n) is 6.05. The van der Waals surface area contributed by atoms with Gasteiger partial charge < -0.3 is 20.3 Å². The van der Waals surface area contributed by atoms with Crippen molar-refractivity contribution in [2.24, 2.45) is 5.73 Å². The van der Waals surface area contributed by atoms with Gasteiger partial charge in [0.2, 0.25) is 5.88 Å². The molecule has 1 heterocycles. The van der Waals surface area contributed by atoms with Crippen molar-refractivity contribution in [3.05, 3.63) is 54.1 Å². The second-order valence-corrected chi connectivity index (χ2v) is 6.84. The molecule has 0 bridgehead atoms. The second kappa shape index (κ2) is 7.90. The molecular formula is C18H18BrN3O6. The molecule has 9 nitrogen and oxygen atoms in total. The number of nitro groups is 1. The van der Waals surface area contributed by atoms with Gasteiger partial charge in [0.1, 0.15) is 23.2 Å². The summed E-state index contributed by atoms with van der Waals surface area (Å²) >= 11 is 3.16. The lowest BCUT2D eigenvalue weighted by Gasteiger charge is -2.28. The Morgan fingerprint density at radius 2 is 2.04 bits per heavy atom. The molecule has 1 aromatic rings. The van der Waals surface area contributed by atoms with Gasteiger partial charge >= 0.3 is 5.97 Å². The maximum Gasteiger partial charge on any atom is 0.338 e. The maximum absolute atomic E-state index is 12.6. The number of phenolic OH excluding ortho intramolecular Hbond substituents is 1. The van der Waals surface area contributed by atoms with E-state index in [0.29, 0.717) is 0 Å². The Morgan fingerprint density at radius 3 is 2.54 bits per heavy atom. The summed E-state index contributed by atoms with van der Waals surface area (Å²) in [7, 11) is 0. The summed E-state index contributed by atoms with van der Waals surface area (Å²) in [5.74, 6) is -2.46. The van der Waals surface area contributed by atoms with Crippen LogP contribution < -0.4 is 5.73 Å². The highest BCUT2D eigenvalue weighted by atomic mass is 79.9. The molecular weight excluding hydrogens is 434 g/mol. The van der Waals surface area contributed by atoms with Crippen LogP contribution in [0.4, 0.5) is 5.69 Å². The topological polar surface area (TPSA) is 149 Å². The molecule has 1 aliphatic heterocycles. The number of nitrogens with zero attached hydrogens (tertiary/aromatic N) is 2. The van der Waals surface area contributed by atoms with Crippen LogP contribution >= 0.6 is 15.9 Å².